The summed E-state index contributed by atoms with van der Waals surface area (Å²) in [6, 6.07) is 12.2. The molecule has 0 bridgehead atoms. The van der Waals surface area contributed by atoms with Gasteiger partial charge in [0.1, 0.15) is 6.61 Å². The Bertz CT molecular complexity index is 808. The van der Waals surface area contributed by atoms with Crippen molar-refractivity contribution in [3.05, 3.63) is 53.1 Å². The van der Waals surface area contributed by atoms with Gasteiger partial charge in [0.25, 0.3) is 5.91 Å². The lowest BCUT2D eigenvalue weighted by Gasteiger charge is -2.24. The SMILES string of the molecule is Cc1c(Cl)cccc1NC(=O)COC(=O)[C@@H]1COc2ccccc2O1. The highest BCUT2D eigenvalue weighted by Crippen LogP contribution is 2.31. The number of hydrogen-bond donors (Lipinski definition) is 1. The van der Waals surface area contributed by atoms with Crippen molar-refractivity contribution >= 4 is 29.2 Å². The topological polar surface area (TPSA) is 73.9 Å². The van der Waals surface area contributed by atoms with E-state index in [1.165, 1.54) is 0 Å². The Labute approximate surface area is 149 Å². The van der Waals surface area contributed by atoms with E-state index in [-0.39, 0.29) is 6.61 Å². The van der Waals surface area contributed by atoms with Gasteiger partial charge in [0, 0.05) is 10.7 Å². The third-order valence-electron chi connectivity index (χ3n) is 3.66. The molecule has 0 spiro atoms. The Morgan fingerprint density at radius 2 is 1.96 bits per heavy atom. The van der Waals surface area contributed by atoms with Gasteiger partial charge in [-0.3, -0.25) is 4.79 Å². The van der Waals surface area contributed by atoms with E-state index in [9.17, 15) is 9.59 Å². The average molecular weight is 362 g/mol. The predicted molar refractivity (Wildman–Crippen MR) is 92.1 cm³/mol. The minimum absolute atomic E-state index is 0.0326. The van der Waals surface area contributed by atoms with E-state index in [1.54, 1.807) is 43.3 Å². The van der Waals surface area contributed by atoms with E-state index in [2.05, 4.69) is 5.32 Å². The molecule has 0 saturated heterocycles. The maximum Gasteiger partial charge on any atom is 0.351 e. The highest BCUT2D eigenvalue weighted by molar-refractivity contribution is 6.31. The summed E-state index contributed by atoms with van der Waals surface area (Å²) in [5.41, 5.74) is 1.31. The van der Waals surface area contributed by atoms with Gasteiger partial charge in [-0.15, -0.1) is 0 Å². The molecule has 7 heteroatoms. The lowest BCUT2D eigenvalue weighted by molar-refractivity contribution is -0.156. The van der Waals surface area contributed by atoms with Crippen LogP contribution in [0, 0.1) is 6.92 Å². The first-order valence-corrected chi connectivity index (χ1v) is 8.02. The zero-order valence-electron chi connectivity index (χ0n) is 13.5. The van der Waals surface area contributed by atoms with Crippen molar-refractivity contribution in [3.63, 3.8) is 0 Å². The van der Waals surface area contributed by atoms with Gasteiger partial charge in [-0.05, 0) is 36.8 Å². The normalized spacial score (nSPS) is 15.4. The minimum Gasteiger partial charge on any atom is -0.485 e. The number of fused-ring (bicyclic) bond motifs is 1. The van der Waals surface area contributed by atoms with Crippen LogP contribution in [-0.4, -0.2) is 31.2 Å². The van der Waals surface area contributed by atoms with Crippen molar-refractivity contribution in [3.8, 4) is 11.5 Å². The smallest absolute Gasteiger partial charge is 0.351 e. The number of halogens is 1. The van der Waals surface area contributed by atoms with E-state index in [0.29, 0.717) is 22.2 Å². The van der Waals surface area contributed by atoms with Crippen LogP contribution in [0.25, 0.3) is 0 Å². The van der Waals surface area contributed by atoms with Crippen molar-refractivity contribution < 1.29 is 23.8 Å². The van der Waals surface area contributed by atoms with Crippen LogP contribution >= 0.6 is 11.6 Å². The van der Waals surface area contributed by atoms with E-state index in [1.807, 2.05) is 6.07 Å². The van der Waals surface area contributed by atoms with E-state index >= 15 is 0 Å². The Morgan fingerprint density at radius 1 is 1.20 bits per heavy atom. The van der Waals surface area contributed by atoms with Crippen molar-refractivity contribution in [2.24, 2.45) is 0 Å². The number of para-hydroxylation sites is 2. The molecule has 1 N–H and O–H groups in total. The maximum absolute atomic E-state index is 12.1. The van der Waals surface area contributed by atoms with Crippen LogP contribution in [0.5, 0.6) is 11.5 Å². The molecule has 1 atom stereocenters. The quantitative estimate of drug-likeness (QED) is 0.847. The number of esters is 1. The van der Waals surface area contributed by atoms with Crippen LogP contribution in [0.3, 0.4) is 0 Å². The summed E-state index contributed by atoms with van der Waals surface area (Å²) in [5, 5.41) is 3.20. The van der Waals surface area contributed by atoms with Crippen molar-refractivity contribution in [1.29, 1.82) is 0 Å². The first kappa shape index (κ1) is 17.1. The Kier molecular flexibility index (Phi) is 5.09. The van der Waals surface area contributed by atoms with Crippen LogP contribution in [0.2, 0.25) is 5.02 Å². The fraction of sp³-hybridized carbons (Fsp3) is 0.222. The maximum atomic E-state index is 12.1. The molecule has 2 aromatic carbocycles. The van der Waals surface area contributed by atoms with Gasteiger partial charge in [-0.25, -0.2) is 4.79 Å². The van der Waals surface area contributed by atoms with Gasteiger partial charge >= 0.3 is 5.97 Å². The van der Waals surface area contributed by atoms with E-state index in [0.717, 1.165) is 5.56 Å². The summed E-state index contributed by atoms with van der Waals surface area (Å²) in [4.78, 5) is 24.0. The molecule has 1 aliphatic heterocycles. The van der Waals surface area contributed by atoms with Crippen LogP contribution in [-0.2, 0) is 14.3 Å². The largest absolute Gasteiger partial charge is 0.485 e. The van der Waals surface area contributed by atoms with Gasteiger partial charge < -0.3 is 19.5 Å². The van der Waals surface area contributed by atoms with Crippen molar-refractivity contribution in [2.75, 3.05) is 18.5 Å². The first-order chi connectivity index (χ1) is 12.0. The molecule has 0 radical (unpaired) electrons. The van der Waals surface area contributed by atoms with Crippen molar-refractivity contribution in [1.82, 2.24) is 0 Å². The molecule has 3 rings (SSSR count). The summed E-state index contributed by atoms with van der Waals surface area (Å²) >= 11 is 6.00. The molecule has 1 amide bonds. The van der Waals surface area contributed by atoms with E-state index in [4.69, 9.17) is 25.8 Å². The zero-order valence-corrected chi connectivity index (χ0v) is 14.2. The van der Waals surface area contributed by atoms with Gasteiger partial charge in [0.05, 0.1) is 0 Å². The first-order valence-electron chi connectivity index (χ1n) is 7.64. The molecule has 0 aliphatic carbocycles. The number of hydrogen-bond acceptors (Lipinski definition) is 5. The van der Waals surface area contributed by atoms with E-state index < -0.39 is 24.6 Å². The minimum atomic E-state index is -0.907. The third kappa shape index (κ3) is 4.03. The molecule has 130 valence electrons. The number of anilines is 1. The summed E-state index contributed by atoms with van der Waals surface area (Å²) in [7, 11) is 0. The molecule has 0 aromatic heterocycles. The number of carbonyl (C=O) groups is 2. The van der Waals surface area contributed by atoms with Gasteiger partial charge in [-0.2, -0.15) is 0 Å². The second-order valence-electron chi connectivity index (χ2n) is 5.43. The second-order valence-corrected chi connectivity index (χ2v) is 5.84. The molecular weight excluding hydrogens is 346 g/mol. The summed E-state index contributed by atoms with van der Waals surface area (Å²) in [5.74, 6) is -0.0845. The fourth-order valence-electron chi connectivity index (χ4n) is 2.29. The third-order valence-corrected chi connectivity index (χ3v) is 4.07. The molecule has 6 nitrogen and oxygen atoms in total. The van der Waals surface area contributed by atoms with Crippen LogP contribution in [0.1, 0.15) is 5.56 Å². The fourth-order valence-corrected chi connectivity index (χ4v) is 2.47. The summed E-state index contributed by atoms with van der Waals surface area (Å²) < 4.78 is 16.0. The highest BCUT2D eigenvalue weighted by Gasteiger charge is 2.29. The molecule has 1 aliphatic rings. The van der Waals surface area contributed by atoms with Crippen LogP contribution < -0.4 is 14.8 Å². The lowest BCUT2D eigenvalue weighted by atomic mass is 10.2. The van der Waals surface area contributed by atoms with Gasteiger partial charge in [0.2, 0.25) is 6.10 Å². The number of amides is 1. The molecule has 1 heterocycles. The highest BCUT2D eigenvalue weighted by atomic mass is 35.5. The Balaban J connectivity index is 1.52. The molecule has 0 fully saturated rings. The van der Waals surface area contributed by atoms with Crippen LogP contribution in [0.15, 0.2) is 42.5 Å². The monoisotopic (exact) mass is 361 g/mol. The Hall–Kier alpha value is -2.73. The van der Waals surface area contributed by atoms with Gasteiger partial charge in [0.15, 0.2) is 18.1 Å². The summed E-state index contributed by atoms with van der Waals surface area (Å²) in [6.45, 7) is 1.39. The molecule has 0 unspecified atom stereocenters. The number of rotatable bonds is 4. The molecular formula is C18H16ClNO5. The number of nitrogens with one attached hydrogen (secondary N) is 1. The van der Waals surface area contributed by atoms with Gasteiger partial charge in [-0.1, -0.05) is 29.8 Å². The van der Waals surface area contributed by atoms with Crippen molar-refractivity contribution in [2.45, 2.75) is 13.0 Å². The zero-order chi connectivity index (χ0) is 17.8. The Morgan fingerprint density at radius 3 is 2.76 bits per heavy atom. The predicted octanol–water partition coefficient (Wildman–Crippen LogP) is 2.97. The molecule has 25 heavy (non-hydrogen) atoms. The molecule has 2 aromatic rings. The second kappa shape index (κ2) is 7.44. The molecule has 0 saturated carbocycles. The summed E-state index contributed by atoms with van der Waals surface area (Å²) in [6.07, 6.45) is -0.907. The number of carbonyl (C=O) groups excluding carboxylic acids is 2. The number of ether oxygens (including phenoxy) is 3. The standard InChI is InChI=1S/C18H16ClNO5/c1-11-12(19)5-4-6-13(11)20-17(21)10-24-18(22)16-9-23-14-7-2-3-8-15(14)25-16/h2-8,16H,9-10H2,1H3,(H,20,21)/t16-/m0/s1. The van der Waals surface area contributed by atoms with Crippen LogP contribution in [0.4, 0.5) is 5.69 Å². The average Bonchev–Trinajstić information content (AvgIpc) is 2.63. The number of benzene rings is 2. The lowest BCUT2D eigenvalue weighted by Crippen LogP contribution is -2.39.